The molecule has 0 saturated heterocycles. The largest absolute Gasteiger partial charge is 0.372 e. The van der Waals surface area contributed by atoms with Crippen molar-refractivity contribution in [2.24, 2.45) is 0 Å². The predicted octanol–water partition coefficient (Wildman–Crippen LogP) is 2.55. The van der Waals surface area contributed by atoms with Crippen molar-refractivity contribution in [3.63, 3.8) is 0 Å². The van der Waals surface area contributed by atoms with Crippen molar-refractivity contribution in [3.05, 3.63) is 16.7 Å². The number of nitrogens with zero attached hydrogens (tertiary/aromatic N) is 3. The van der Waals surface area contributed by atoms with E-state index in [1.54, 1.807) is 6.20 Å². The second-order valence-corrected chi connectivity index (χ2v) is 4.47. The van der Waals surface area contributed by atoms with E-state index in [-0.39, 0.29) is 0 Å². The van der Waals surface area contributed by atoms with Gasteiger partial charge >= 0.3 is 0 Å². The molecular weight excluding hydrogens is 276 g/mol. The van der Waals surface area contributed by atoms with Gasteiger partial charge in [-0.1, -0.05) is 11.8 Å². The van der Waals surface area contributed by atoms with Crippen LogP contribution in [0.2, 0.25) is 0 Å². The van der Waals surface area contributed by atoms with Gasteiger partial charge in [-0.25, -0.2) is 15.0 Å². The van der Waals surface area contributed by atoms with Crippen LogP contribution in [0.15, 0.2) is 21.9 Å². The molecule has 2 rings (SSSR count). The van der Waals surface area contributed by atoms with E-state index in [1.165, 1.54) is 11.8 Å². The lowest BCUT2D eigenvalue weighted by molar-refractivity contribution is 0.991. The molecule has 0 aliphatic rings. The van der Waals surface area contributed by atoms with Gasteiger partial charge in [0.15, 0.2) is 10.8 Å². The Hall–Kier alpha value is -0.880. The second kappa shape index (κ2) is 4.32. The Morgan fingerprint density at radius 2 is 2.20 bits per heavy atom. The normalized spacial score (nSPS) is 10.6. The fourth-order valence-corrected chi connectivity index (χ4v) is 2.07. The average Bonchev–Trinajstić information content (AvgIpc) is 2.27. The van der Waals surface area contributed by atoms with Crippen LogP contribution in [0.1, 0.15) is 0 Å². The highest BCUT2D eigenvalue weighted by atomic mass is 79.9. The fourth-order valence-electron chi connectivity index (χ4n) is 1.20. The number of aromatic nitrogens is 3. The van der Waals surface area contributed by atoms with Crippen LogP contribution < -0.4 is 5.32 Å². The third-order valence-electron chi connectivity index (χ3n) is 1.92. The highest BCUT2D eigenvalue weighted by molar-refractivity contribution is 9.10. The van der Waals surface area contributed by atoms with Gasteiger partial charge in [0, 0.05) is 18.6 Å². The average molecular weight is 285 g/mol. The molecule has 0 aliphatic carbocycles. The molecule has 0 aliphatic heterocycles. The van der Waals surface area contributed by atoms with Crippen molar-refractivity contribution in [1.29, 1.82) is 0 Å². The van der Waals surface area contributed by atoms with Gasteiger partial charge in [-0.3, -0.25) is 0 Å². The van der Waals surface area contributed by atoms with Crippen molar-refractivity contribution in [2.75, 3.05) is 18.6 Å². The quantitative estimate of drug-likeness (QED) is 0.679. The van der Waals surface area contributed by atoms with Gasteiger partial charge in [0.1, 0.15) is 5.82 Å². The second-order valence-electron chi connectivity index (χ2n) is 2.84. The fraction of sp³-hybridized carbons (Fsp3) is 0.222. The van der Waals surface area contributed by atoms with Gasteiger partial charge in [-0.05, 0) is 28.3 Å². The maximum atomic E-state index is 4.38. The van der Waals surface area contributed by atoms with Gasteiger partial charge in [0.05, 0.1) is 4.47 Å². The monoisotopic (exact) mass is 284 g/mol. The molecule has 0 bridgehead atoms. The summed E-state index contributed by atoms with van der Waals surface area (Å²) in [4.78, 5) is 12.9. The molecule has 2 aromatic rings. The summed E-state index contributed by atoms with van der Waals surface area (Å²) in [7, 11) is 1.83. The number of hydrogen-bond donors (Lipinski definition) is 1. The zero-order chi connectivity index (χ0) is 10.8. The third kappa shape index (κ3) is 2.05. The maximum Gasteiger partial charge on any atom is 0.189 e. The zero-order valence-corrected chi connectivity index (χ0v) is 10.7. The number of nitrogens with one attached hydrogen (secondary N) is 1. The molecule has 2 aromatic heterocycles. The zero-order valence-electron chi connectivity index (χ0n) is 8.28. The molecule has 15 heavy (non-hydrogen) atoms. The highest BCUT2D eigenvalue weighted by Gasteiger charge is 2.05. The molecule has 0 atom stereocenters. The molecular formula is C9H9BrN4S. The Kier molecular flexibility index (Phi) is 3.06. The maximum absolute atomic E-state index is 4.38. The summed E-state index contributed by atoms with van der Waals surface area (Å²) in [5.74, 6) is 0.785. The molecule has 0 saturated carbocycles. The van der Waals surface area contributed by atoms with Crippen molar-refractivity contribution in [3.8, 4) is 0 Å². The van der Waals surface area contributed by atoms with E-state index in [4.69, 9.17) is 0 Å². The van der Waals surface area contributed by atoms with E-state index in [1.807, 2.05) is 19.4 Å². The summed E-state index contributed by atoms with van der Waals surface area (Å²) < 4.78 is 0.915. The van der Waals surface area contributed by atoms with Crippen LogP contribution in [0.5, 0.6) is 0 Å². The van der Waals surface area contributed by atoms with Crippen LogP contribution in [0.25, 0.3) is 11.0 Å². The summed E-state index contributed by atoms with van der Waals surface area (Å²) in [6.45, 7) is 0. The number of anilines is 1. The predicted molar refractivity (Wildman–Crippen MR) is 66.4 cm³/mol. The van der Waals surface area contributed by atoms with E-state index < -0.39 is 0 Å². The smallest absolute Gasteiger partial charge is 0.189 e. The minimum absolute atomic E-state index is 0.710. The van der Waals surface area contributed by atoms with Crippen LogP contribution in [0, 0.1) is 0 Å². The summed E-state index contributed by atoms with van der Waals surface area (Å²) in [6, 6.07) is 1.96. The van der Waals surface area contributed by atoms with E-state index in [0.29, 0.717) is 5.65 Å². The first-order chi connectivity index (χ1) is 7.24. The minimum atomic E-state index is 0.710. The summed E-state index contributed by atoms with van der Waals surface area (Å²) >= 11 is 4.93. The van der Waals surface area contributed by atoms with Crippen LogP contribution in [-0.4, -0.2) is 28.3 Å². The van der Waals surface area contributed by atoms with Crippen molar-refractivity contribution in [2.45, 2.75) is 5.16 Å². The van der Waals surface area contributed by atoms with Crippen molar-refractivity contribution >= 4 is 44.5 Å². The van der Waals surface area contributed by atoms with E-state index in [0.717, 1.165) is 20.8 Å². The summed E-state index contributed by atoms with van der Waals surface area (Å²) in [5.41, 5.74) is 0.710. The van der Waals surface area contributed by atoms with Gasteiger partial charge in [0.25, 0.3) is 0 Å². The Morgan fingerprint density at radius 3 is 2.87 bits per heavy atom. The third-order valence-corrected chi connectivity index (χ3v) is 3.09. The lowest BCUT2D eigenvalue weighted by Crippen LogP contribution is -1.96. The molecule has 0 aromatic carbocycles. The lowest BCUT2D eigenvalue weighted by atomic mass is 10.3. The van der Waals surface area contributed by atoms with E-state index in [9.17, 15) is 0 Å². The number of fused-ring (bicyclic) bond motifs is 1. The number of rotatable bonds is 2. The van der Waals surface area contributed by atoms with Crippen LogP contribution in [-0.2, 0) is 0 Å². The molecule has 0 fully saturated rings. The van der Waals surface area contributed by atoms with Crippen LogP contribution >= 0.6 is 27.7 Å². The van der Waals surface area contributed by atoms with Gasteiger partial charge < -0.3 is 5.32 Å². The van der Waals surface area contributed by atoms with Crippen LogP contribution in [0.3, 0.4) is 0 Å². The minimum Gasteiger partial charge on any atom is -0.372 e. The first-order valence-corrected chi connectivity index (χ1v) is 6.31. The molecule has 0 amide bonds. The lowest BCUT2D eigenvalue weighted by Gasteiger charge is -2.04. The van der Waals surface area contributed by atoms with Gasteiger partial charge in [-0.2, -0.15) is 0 Å². The Labute approximate surface area is 100 Å². The molecule has 0 radical (unpaired) electrons. The Morgan fingerprint density at radius 1 is 1.40 bits per heavy atom. The van der Waals surface area contributed by atoms with E-state index >= 15 is 0 Å². The molecule has 6 heteroatoms. The standard InChI is InChI=1S/C9H9BrN4S/c1-11-8-6(10)3-5-4-12-9(15-2)14-7(5)13-8/h3-4H,1-2H3,(H,11,12,13,14). The molecule has 78 valence electrons. The van der Waals surface area contributed by atoms with Crippen molar-refractivity contribution in [1.82, 2.24) is 15.0 Å². The SMILES string of the molecule is CNc1nc2nc(SC)ncc2cc1Br. The molecule has 2 heterocycles. The topological polar surface area (TPSA) is 50.7 Å². The molecule has 0 spiro atoms. The van der Waals surface area contributed by atoms with E-state index in [2.05, 4.69) is 36.2 Å². The first-order valence-electron chi connectivity index (χ1n) is 4.29. The number of halogens is 1. The van der Waals surface area contributed by atoms with Crippen LogP contribution in [0.4, 0.5) is 5.82 Å². The number of hydrogen-bond acceptors (Lipinski definition) is 5. The Bertz CT molecular complexity index is 503. The highest BCUT2D eigenvalue weighted by Crippen LogP contribution is 2.24. The molecule has 0 unspecified atom stereocenters. The molecule has 4 nitrogen and oxygen atoms in total. The Balaban J connectivity index is 2.66. The van der Waals surface area contributed by atoms with Crippen molar-refractivity contribution < 1.29 is 0 Å². The first kappa shape index (κ1) is 10.6. The van der Waals surface area contributed by atoms with Gasteiger partial charge in [0.2, 0.25) is 0 Å². The number of thioether (sulfide) groups is 1. The van der Waals surface area contributed by atoms with Gasteiger partial charge in [-0.15, -0.1) is 0 Å². The summed E-state index contributed by atoms with van der Waals surface area (Å²) in [5, 5.41) is 4.66. The number of pyridine rings is 1. The molecule has 1 N–H and O–H groups in total. The summed E-state index contributed by atoms with van der Waals surface area (Å²) in [6.07, 6.45) is 3.73.